The second-order valence-electron chi connectivity index (χ2n) is 26.9. The lowest BCUT2D eigenvalue weighted by Crippen LogP contribution is -3.00. The highest BCUT2D eigenvalue weighted by Gasteiger charge is 2.39. The molecule has 4 N–H and O–H groups in total. The highest BCUT2D eigenvalue weighted by atomic mass is 127. The number of aliphatic hydroxyl groups is 1. The number of imide groups is 1. The van der Waals surface area contributed by atoms with Crippen LogP contribution in [0.15, 0.2) is 226 Å². The van der Waals surface area contributed by atoms with Gasteiger partial charge in [0.1, 0.15) is 6.54 Å². The van der Waals surface area contributed by atoms with Crippen LogP contribution in [0.4, 0.5) is 0 Å². The normalized spacial score (nSPS) is 15.8. The van der Waals surface area contributed by atoms with Gasteiger partial charge in [-0.2, -0.15) is 0 Å². The van der Waals surface area contributed by atoms with Crippen LogP contribution in [0.5, 0.6) is 0 Å². The van der Waals surface area contributed by atoms with Crippen LogP contribution in [-0.4, -0.2) is 188 Å². The molecule has 5 aromatic rings. The molecule has 0 radical (unpaired) electrons. The number of nitrogens with zero attached hydrogens (tertiary/aromatic N) is 6. The average Bonchev–Trinajstić information content (AvgIpc) is 1.56. The van der Waals surface area contributed by atoms with Crippen LogP contribution in [0, 0.1) is 0 Å². The number of likely N-dealkylation sites (N-methyl/N-ethyl adjacent to an activating group) is 2. The molecule has 5 aliphatic heterocycles. The average molecular weight is 1790 g/mol. The van der Waals surface area contributed by atoms with Gasteiger partial charge >= 0.3 is 0 Å². The third-order valence-electron chi connectivity index (χ3n) is 16.8. The Labute approximate surface area is 693 Å². The minimum Gasteiger partial charge on any atom is -1.00 e. The fourth-order valence-electron chi connectivity index (χ4n) is 10.9. The van der Waals surface area contributed by atoms with Crippen molar-refractivity contribution in [3.05, 3.63) is 279 Å². The van der Waals surface area contributed by atoms with Gasteiger partial charge in [0.05, 0.1) is 67.7 Å². The van der Waals surface area contributed by atoms with Gasteiger partial charge < -0.3 is 97.4 Å². The summed E-state index contributed by atoms with van der Waals surface area (Å²) in [4.78, 5) is 100. The Balaban J connectivity index is 0.000000284. The summed E-state index contributed by atoms with van der Waals surface area (Å²) in [6.07, 6.45) is 13.8. The molecule has 1 atom stereocenters. The number of aliphatic hydroxyl groups excluding tert-OH is 1. The number of hydrogen-bond acceptors (Lipinski definition) is 10. The molecule has 0 saturated heterocycles. The molecule has 5 aliphatic rings. The SMILES string of the molecule is C=C1C(c2ccc(Cl)cc2)=CC(=O)N1CCCCCCO.C=C1C(c2ccc(Cl)cc2)=CC(=O)N1CC[N+](C)(C)C.C=CC(=O)NCCC(=O)N1C(=C)C(c2ccc(Cl)cc2)=CC1=O.C=CC(=O)NCCN1C(=C)C(c2ccc(Cl)cc2)=CC1=O.CC1(OCC[N+](C)(C)C)NC(=O)C=C1c1ccc(Cl)cc1.[I-].[I-]. The maximum atomic E-state index is 12.2. The number of ether oxygens (including phenoxy) is 1. The molecule has 108 heavy (non-hydrogen) atoms. The minimum absolute atomic E-state index is 0. The maximum Gasteiger partial charge on any atom is 0.258 e. The molecular weight excluding hydrogens is 1700 g/mol. The lowest BCUT2D eigenvalue weighted by molar-refractivity contribution is -0.870. The van der Waals surface area contributed by atoms with Crippen LogP contribution in [0.1, 0.15) is 66.8 Å². The maximum absolute atomic E-state index is 12.2. The molecule has 8 amide bonds. The second-order valence-corrected chi connectivity index (χ2v) is 29.1. The van der Waals surface area contributed by atoms with Gasteiger partial charge in [-0.05, 0) is 120 Å². The Bertz CT molecular complexity index is 4320. The molecule has 0 aromatic heterocycles. The molecule has 0 aliphatic carbocycles. The predicted octanol–water partition coefficient (Wildman–Crippen LogP) is 7.40. The largest absolute Gasteiger partial charge is 1.00 e. The third kappa shape index (κ3) is 27.8. The first kappa shape index (κ1) is 92.3. The number of carbonyl (C=O) groups is 8. The first-order valence-corrected chi connectivity index (χ1v) is 35.9. The van der Waals surface area contributed by atoms with Crippen molar-refractivity contribution in [2.45, 2.75) is 44.8 Å². The van der Waals surface area contributed by atoms with E-state index in [1.807, 2.05) is 91.9 Å². The highest BCUT2D eigenvalue weighted by Crippen LogP contribution is 2.37. The van der Waals surface area contributed by atoms with E-state index in [0.29, 0.717) is 74.9 Å². The lowest BCUT2D eigenvalue weighted by Gasteiger charge is -2.31. The molecule has 26 heteroatoms. The number of rotatable bonds is 26. The minimum atomic E-state index is -0.792. The zero-order valence-electron chi connectivity index (χ0n) is 61.7. The van der Waals surface area contributed by atoms with Crippen molar-refractivity contribution in [2.75, 3.05) is 101 Å². The predicted molar refractivity (Wildman–Crippen MR) is 426 cm³/mol. The van der Waals surface area contributed by atoms with Crippen LogP contribution in [-0.2, 0) is 43.1 Å². The van der Waals surface area contributed by atoms with E-state index in [9.17, 15) is 38.4 Å². The number of allylic oxidation sites excluding steroid dienone is 4. The van der Waals surface area contributed by atoms with E-state index < -0.39 is 17.5 Å². The summed E-state index contributed by atoms with van der Waals surface area (Å²) < 4.78 is 7.61. The van der Waals surface area contributed by atoms with Crippen LogP contribution < -0.4 is 63.9 Å². The highest BCUT2D eigenvalue weighted by molar-refractivity contribution is 6.32. The molecule has 1 unspecified atom stereocenters. The van der Waals surface area contributed by atoms with E-state index in [-0.39, 0.29) is 103 Å². The quantitative estimate of drug-likeness (QED) is 0.0186. The Hall–Kier alpha value is -8.05. The summed E-state index contributed by atoms with van der Waals surface area (Å²) in [5.74, 6) is -1.78. The van der Waals surface area contributed by atoms with Crippen LogP contribution in [0.25, 0.3) is 27.9 Å². The van der Waals surface area contributed by atoms with Crippen LogP contribution in [0.2, 0.25) is 25.1 Å². The number of benzene rings is 5. The molecule has 0 fully saturated rings. The number of quaternary nitrogens is 2. The van der Waals surface area contributed by atoms with Gasteiger partial charge in [-0.1, -0.05) is 171 Å². The van der Waals surface area contributed by atoms with E-state index in [2.05, 4.69) is 97.7 Å². The Kier molecular flexibility index (Phi) is 37.1. The van der Waals surface area contributed by atoms with Gasteiger partial charge in [0, 0.05) is 140 Å². The van der Waals surface area contributed by atoms with Gasteiger partial charge in [-0.25, -0.2) is 4.90 Å². The van der Waals surface area contributed by atoms with Crippen molar-refractivity contribution in [1.82, 2.24) is 35.6 Å². The van der Waals surface area contributed by atoms with E-state index in [1.165, 1.54) is 17.1 Å². The smallest absolute Gasteiger partial charge is 0.258 e. The van der Waals surface area contributed by atoms with E-state index in [0.717, 1.165) is 120 Å². The van der Waals surface area contributed by atoms with E-state index in [1.54, 1.807) is 70.5 Å². The number of halogens is 7. The standard InChI is InChI=1S/C17H15ClN2O3.C17H20ClNO2.C16H21ClN2O2.C16H15ClN2O2.C16H20ClN2O.2HI/c1-3-15(21)19-9-8-16(22)20-11(2)14(10-17(20)23)12-4-6-13(18)7-5-12;1-13-16(14-6-8-15(18)9-7-14)12-17(21)19(13)10-4-2-3-5-11-20;1-16(21-10-9-19(2,3)4)14(11-15(20)18-16)12-5-7-13(17)8-6-12;1-3-15(20)18-8-9-19-11(2)14(10-16(19)21)12-4-6-13(17)7-5-12;1-12-15(13-5-7-14(17)8-6-13)11-16(20)18(12)9-10-19(2,3)4;;/h3-7,10H,1-2,8-9H2,(H,19,21);6-9,12,20H,1-5,10-11H2;5-8,11H,9-10H2,1-4H3;3-7,10H,1-2,8-9H2,(H,18,20);5-8,11H,1,9-10H2,2-4H3;2*1H/q;;;;+1;;/p-1. The van der Waals surface area contributed by atoms with Crippen molar-refractivity contribution in [1.29, 1.82) is 0 Å². The fraction of sp³-hybridized carbons (Fsp3) is 0.268. The molecular formula is C82H92Cl5I2N9O10. The molecule has 5 aromatic carbocycles. The zero-order valence-corrected chi connectivity index (χ0v) is 69.8. The number of hydrogen-bond donors (Lipinski definition) is 4. The molecule has 0 saturated carbocycles. The van der Waals surface area contributed by atoms with E-state index in [4.69, 9.17) is 67.8 Å². The zero-order chi connectivity index (χ0) is 78.2. The summed E-state index contributed by atoms with van der Waals surface area (Å²) in [6.45, 7) is 29.2. The van der Waals surface area contributed by atoms with Crippen LogP contribution >= 0.6 is 58.0 Å². The van der Waals surface area contributed by atoms with Gasteiger partial charge in [-0.3, -0.25) is 38.4 Å². The molecule has 0 bridgehead atoms. The van der Waals surface area contributed by atoms with Crippen molar-refractivity contribution < 1.29 is 105 Å². The van der Waals surface area contributed by atoms with Gasteiger partial charge in [0.25, 0.3) is 23.6 Å². The summed E-state index contributed by atoms with van der Waals surface area (Å²) in [5.41, 5.74) is 10.1. The molecule has 5 heterocycles. The van der Waals surface area contributed by atoms with Crippen molar-refractivity contribution >= 4 is 133 Å². The van der Waals surface area contributed by atoms with Gasteiger partial charge in [-0.15, -0.1) is 0 Å². The Morgan fingerprint density at radius 2 is 0.815 bits per heavy atom. The Morgan fingerprint density at radius 1 is 0.472 bits per heavy atom. The summed E-state index contributed by atoms with van der Waals surface area (Å²) in [5, 5.41) is 20.0. The third-order valence-corrected chi connectivity index (χ3v) is 18.1. The van der Waals surface area contributed by atoms with Crippen molar-refractivity contribution in [2.24, 2.45) is 0 Å². The van der Waals surface area contributed by atoms with Crippen molar-refractivity contribution in [3.8, 4) is 0 Å². The van der Waals surface area contributed by atoms with E-state index >= 15 is 0 Å². The number of unbranched alkanes of at least 4 members (excludes halogenated alkanes) is 3. The number of nitrogens with one attached hydrogen (secondary N) is 3. The lowest BCUT2D eigenvalue weighted by atomic mass is 9.98. The van der Waals surface area contributed by atoms with Gasteiger partial charge in [0.2, 0.25) is 23.6 Å². The summed E-state index contributed by atoms with van der Waals surface area (Å²) in [7, 11) is 12.6. The molecule has 0 spiro atoms. The molecule has 574 valence electrons. The first-order chi connectivity index (χ1) is 50.1. The number of carbonyl (C=O) groups excluding carboxylic acids is 8. The molecule has 19 nitrogen and oxygen atoms in total. The van der Waals surface area contributed by atoms with Crippen molar-refractivity contribution in [3.63, 3.8) is 0 Å². The van der Waals surface area contributed by atoms with Crippen LogP contribution in [0.3, 0.4) is 0 Å². The Morgan fingerprint density at radius 3 is 1.19 bits per heavy atom. The number of amides is 8. The summed E-state index contributed by atoms with van der Waals surface area (Å²) in [6, 6.07) is 36.4. The topological polar surface area (TPSA) is 215 Å². The summed E-state index contributed by atoms with van der Waals surface area (Å²) >= 11 is 29.4. The second kappa shape index (κ2) is 43.4. The van der Waals surface area contributed by atoms with Gasteiger partial charge in [0.15, 0.2) is 5.72 Å². The first-order valence-electron chi connectivity index (χ1n) is 34.0. The fourth-order valence-corrected chi connectivity index (χ4v) is 11.6. The monoisotopic (exact) mass is 1790 g/mol. The molecule has 10 rings (SSSR count).